The molecule has 1 aliphatic carbocycles. The van der Waals surface area contributed by atoms with E-state index in [0.29, 0.717) is 12.0 Å². The lowest BCUT2D eigenvalue weighted by Crippen LogP contribution is -2.48. The monoisotopic (exact) mass is 300 g/mol. The Morgan fingerprint density at radius 2 is 1.86 bits per heavy atom. The smallest absolute Gasteiger partial charge is 0.242 e. The van der Waals surface area contributed by atoms with Crippen LogP contribution in [0.25, 0.3) is 0 Å². The molecule has 0 aromatic heterocycles. The van der Waals surface area contributed by atoms with Crippen LogP contribution in [0.1, 0.15) is 57.9 Å². The summed E-state index contributed by atoms with van der Waals surface area (Å²) in [6.45, 7) is 7.53. The van der Waals surface area contributed by atoms with E-state index in [9.17, 15) is 4.79 Å². The maximum absolute atomic E-state index is 12.6. The molecule has 0 spiro atoms. The number of anilines is 1. The predicted molar refractivity (Wildman–Crippen MR) is 91.2 cm³/mol. The van der Waals surface area contributed by atoms with Gasteiger partial charge in [-0.15, -0.1) is 0 Å². The highest BCUT2D eigenvalue weighted by Crippen LogP contribution is 2.37. The summed E-state index contributed by atoms with van der Waals surface area (Å²) in [6.07, 6.45) is 4.74. The predicted octanol–water partition coefficient (Wildman–Crippen LogP) is 3.69. The van der Waals surface area contributed by atoms with Crippen LogP contribution in [-0.4, -0.2) is 24.5 Å². The van der Waals surface area contributed by atoms with Crippen molar-refractivity contribution in [3.05, 3.63) is 29.8 Å². The number of fused-ring (bicyclic) bond motifs is 1. The Kier molecular flexibility index (Phi) is 4.42. The van der Waals surface area contributed by atoms with Gasteiger partial charge in [-0.2, -0.15) is 0 Å². The van der Waals surface area contributed by atoms with Crippen LogP contribution in [0.4, 0.5) is 5.69 Å². The fourth-order valence-electron chi connectivity index (χ4n) is 3.89. The summed E-state index contributed by atoms with van der Waals surface area (Å²) in [5.41, 5.74) is 2.60. The van der Waals surface area contributed by atoms with Gasteiger partial charge in [0.2, 0.25) is 5.91 Å². The Balaban J connectivity index is 1.64. The van der Waals surface area contributed by atoms with Crippen molar-refractivity contribution in [2.75, 3.05) is 11.4 Å². The lowest BCUT2D eigenvalue weighted by atomic mass is 9.87. The van der Waals surface area contributed by atoms with Gasteiger partial charge in [0.25, 0.3) is 0 Å². The van der Waals surface area contributed by atoms with Crippen molar-refractivity contribution in [1.82, 2.24) is 5.32 Å². The van der Waals surface area contributed by atoms with Crippen molar-refractivity contribution in [2.45, 2.75) is 64.5 Å². The fourth-order valence-corrected chi connectivity index (χ4v) is 3.89. The van der Waals surface area contributed by atoms with Crippen LogP contribution in [0.15, 0.2) is 24.3 Å². The maximum Gasteiger partial charge on any atom is 0.242 e. The van der Waals surface area contributed by atoms with E-state index in [1.54, 1.807) is 0 Å². The molecule has 1 heterocycles. The van der Waals surface area contributed by atoms with Gasteiger partial charge < -0.3 is 10.2 Å². The standard InChI is InChI=1S/C19H28N2O/c1-13-8-10-16(11-9-13)20-19(22)15(3)21-12-14(2)17-6-4-5-7-18(17)21/h4-7,13-16H,8-12H2,1-3H3,(H,20,22). The molecule has 120 valence electrons. The van der Waals surface area contributed by atoms with Gasteiger partial charge in [0.05, 0.1) is 0 Å². The number of hydrogen-bond acceptors (Lipinski definition) is 2. The number of hydrogen-bond donors (Lipinski definition) is 1. The van der Waals surface area contributed by atoms with Crippen LogP contribution in [0.2, 0.25) is 0 Å². The molecule has 1 fully saturated rings. The summed E-state index contributed by atoms with van der Waals surface area (Å²) in [5.74, 6) is 1.50. The third-order valence-electron chi connectivity index (χ3n) is 5.46. The molecule has 2 aliphatic rings. The van der Waals surface area contributed by atoms with Gasteiger partial charge in [0, 0.05) is 24.2 Å². The van der Waals surface area contributed by atoms with Crippen LogP contribution in [-0.2, 0) is 4.79 Å². The lowest BCUT2D eigenvalue weighted by molar-refractivity contribution is -0.123. The number of nitrogens with zero attached hydrogens (tertiary/aromatic N) is 1. The van der Waals surface area contributed by atoms with Gasteiger partial charge in [0.1, 0.15) is 6.04 Å². The minimum absolute atomic E-state index is 0.0922. The van der Waals surface area contributed by atoms with Crippen molar-refractivity contribution >= 4 is 11.6 Å². The molecule has 1 amide bonds. The molecule has 1 N–H and O–H groups in total. The number of amides is 1. The van der Waals surface area contributed by atoms with Crippen LogP contribution in [0.3, 0.4) is 0 Å². The van der Waals surface area contributed by atoms with E-state index in [4.69, 9.17) is 0 Å². The molecule has 3 heteroatoms. The first kappa shape index (κ1) is 15.4. The van der Waals surface area contributed by atoms with E-state index in [1.165, 1.54) is 24.1 Å². The van der Waals surface area contributed by atoms with Crippen LogP contribution in [0.5, 0.6) is 0 Å². The second kappa shape index (κ2) is 6.31. The van der Waals surface area contributed by atoms with Crippen molar-refractivity contribution in [1.29, 1.82) is 0 Å². The zero-order valence-corrected chi connectivity index (χ0v) is 14.0. The Hall–Kier alpha value is -1.51. The minimum atomic E-state index is -0.0922. The van der Waals surface area contributed by atoms with E-state index in [1.807, 2.05) is 6.92 Å². The Morgan fingerprint density at radius 1 is 1.18 bits per heavy atom. The van der Waals surface area contributed by atoms with E-state index >= 15 is 0 Å². The molecule has 3 nitrogen and oxygen atoms in total. The quantitative estimate of drug-likeness (QED) is 0.923. The van der Waals surface area contributed by atoms with Crippen LogP contribution >= 0.6 is 0 Å². The normalized spacial score (nSPS) is 29.0. The zero-order valence-electron chi connectivity index (χ0n) is 14.0. The molecular formula is C19H28N2O. The largest absolute Gasteiger partial charge is 0.359 e. The van der Waals surface area contributed by atoms with E-state index < -0.39 is 0 Å². The van der Waals surface area contributed by atoms with Gasteiger partial charge in [-0.25, -0.2) is 0 Å². The molecular weight excluding hydrogens is 272 g/mol. The van der Waals surface area contributed by atoms with Crippen molar-refractivity contribution in [2.24, 2.45) is 5.92 Å². The van der Waals surface area contributed by atoms with Crippen molar-refractivity contribution in [3.8, 4) is 0 Å². The molecule has 2 unspecified atom stereocenters. The minimum Gasteiger partial charge on any atom is -0.359 e. The summed E-state index contributed by atoms with van der Waals surface area (Å²) in [7, 11) is 0. The first-order chi connectivity index (χ1) is 10.6. The Bertz CT molecular complexity index is 534. The number of para-hydroxylation sites is 1. The molecule has 0 bridgehead atoms. The summed E-state index contributed by atoms with van der Waals surface area (Å²) in [6, 6.07) is 8.77. The number of nitrogens with one attached hydrogen (secondary N) is 1. The molecule has 3 rings (SSSR count). The van der Waals surface area contributed by atoms with Crippen LogP contribution in [0, 0.1) is 5.92 Å². The summed E-state index contributed by atoms with van der Waals surface area (Å²) in [5, 5.41) is 3.28. The molecule has 22 heavy (non-hydrogen) atoms. The first-order valence-electron chi connectivity index (χ1n) is 8.72. The van der Waals surface area contributed by atoms with E-state index in [0.717, 1.165) is 25.3 Å². The molecule has 0 radical (unpaired) electrons. The van der Waals surface area contributed by atoms with Crippen LogP contribution < -0.4 is 10.2 Å². The summed E-state index contributed by atoms with van der Waals surface area (Å²) >= 11 is 0. The Labute approximate surface area is 134 Å². The second-order valence-corrected chi connectivity index (χ2v) is 7.25. The fraction of sp³-hybridized carbons (Fsp3) is 0.632. The number of carbonyl (C=O) groups excluding carboxylic acids is 1. The first-order valence-corrected chi connectivity index (χ1v) is 8.72. The van der Waals surface area contributed by atoms with E-state index in [-0.39, 0.29) is 11.9 Å². The van der Waals surface area contributed by atoms with E-state index in [2.05, 4.69) is 48.3 Å². The average molecular weight is 300 g/mol. The summed E-state index contributed by atoms with van der Waals surface area (Å²) < 4.78 is 0. The van der Waals surface area contributed by atoms with Crippen molar-refractivity contribution < 1.29 is 4.79 Å². The molecule has 0 saturated heterocycles. The highest BCUT2D eigenvalue weighted by Gasteiger charge is 2.32. The molecule has 1 aromatic rings. The highest BCUT2D eigenvalue weighted by atomic mass is 16.2. The topological polar surface area (TPSA) is 32.3 Å². The number of rotatable bonds is 3. The molecule has 1 aliphatic heterocycles. The third-order valence-corrected chi connectivity index (χ3v) is 5.46. The number of carbonyl (C=O) groups is 1. The average Bonchev–Trinajstić information content (AvgIpc) is 2.86. The lowest BCUT2D eigenvalue weighted by Gasteiger charge is -2.31. The van der Waals surface area contributed by atoms with Gasteiger partial charge in [-0.3, -0.25) is 4.79 Å². The van der Waals surface area contributed by atoms with Crippen molar-refractivity contribution in [3.63, 3.8) is 0 Å². The second-order valence-electron chi connectivity index (χ2n) is 7.25. The van der Waals surface area contributed by atoms with Gasteiger partial charge >= 0.3 is 0 Å². The molecule has 2 atom stereocenters. The Morgan fingerprint density at radius 3 is 2.59 bits per heavy atom. The third kappa shape index (κ3) is 2.99. The van der Waals surface area contributed by atoms with Gasteiger partial charge in [-0.1, -0.05) is 32.0 Å². The molecule has 1 aromatic carbocycles. The zero-order chi connectivity index (χ0) is 15.7. The molecule has 1 saturated carbocycles. The SMILES string of the molecule is CC1CCC(NC(=O)C(C)N2CC(C)c3ccccc32)CC1. The highest BCUT2D eigenvalue weighted by molar-refractivity contribution is 5.86. The van der Waals surface area contributed by atoms with Gasteiger partial charge in [-0.05, 0) is 50.2 Å². The summed E-state index contributed by atoms with van der Waals surface area (Å²) in [4.78, 5) is 14.9. The number of benzene rings is 1. The maximum atomic E-state index is 12.6. The van der Waals surface area contributed by atoms with Gasteiger partial charge in [0.15, 0.2) is 0 Å².